The Hall–Kier alpha value is -3.90. The van der Waals surface area contributed by atoms with Crippen molar-refractivity contribution < 1.29 is 140 Å². The predicted octanol–water partition coefficient (Wildman–Crippen LogP) is -0.0294. The van der Waals surface area contributed by atoms with E-state index in [4.69, 9.17) is 0 Å². The van der Waals surface area contributed by atoms with Crippen molar-refractivity contribution in [3.8, 4) is 11.6 Å². The minimum atomic E-state index is -0.187. The predicted molar refractivity (Wildman–Crippen MR) is 190 cm³/mol. The third-order valence-electron chi connectivity index (χ3n) is 3.77. The molecule has 0 bridgehead atoms. The molecule has 2 rings (SSSR count). The van der Waals surface area contributed by atoms with Crippen LogP contribution >= 0.6 is 0 Å². The van der Waals surface area contributed by atoms with Gasteiger partial charge in [0.1, 0.15) is 0 Å². The van der Waals surface area contributed by atoms with Gasteiger partial charge < -0.3 is 30.6 Å². The van der Waals surface area contributed by atoms with Crippen LogP contribution in [0.2, 0.25) is 0 Å². The molecule has 2 heterocycles. The topological polar surface area (TPSA) is 292 Å². The Labute approximate surface area is 393 Å². The molecule has 0 aliphatic rings. The minimum Gasteiger partial charge on any atom is -0.876 e. The molecule has 0 N–H and O–H groups in total. The molecule has 0 unspecified atom stereocenters. The van der Waals surface area contributed by atoms with Crippen LogP contribution in [0, 0.1) is 80.8 Å². The van der Waals surface area contributed by atoms with Crippen LogP contribution in [0.4, 0.5) is 0 Å². The van der Waals surface area contributed by atoms with Crippen LogP contribution in [0.15, 0.2) is 108 Å². The summed E-state index contributed by atoms with van der Waals surface area (Å²) in [6.45, 7) is 16.2. The summed E-state index contributed by atoms with van der Waals surface area (Å²) in [4.78, 5) is 75.9. The van der Waals surface area contributed by atoms with Gasteiger partial charge in [-0.1, -0.05) is 41.5 Å². The van der Waals surface area contributed by atoms with Gasteiger partial charge in [0.15, 0.2) is 46.3 Å². The fraction of sp³-hybridized carbons (Fsp3) is 0.316. The number of ketones is 6. The molecule has 2 aromatic rings. The first-order chi connectivity index (χ1) is 24.7. The molecule has 2 aromatic heterocycles. The van der Waals surface area contributed by atoms with Crippen LogP contribution < -0.4 is 30.6 Å². The molecule has 0 atom stereocenters. The minimum absolute atomic E-state index is 0. The van der Waals surface area contributed by atoms with E-state index < -0.39 is 0 Å². The average molecular weight is 1050 g/mol. The van der Waals surface area contributed by atoms with Gasteiger partial charge in [0, 0.05) is 24.8 Å². The summed E-state index contributed by atoms with van der Waals surface area (Å²) in [5.74, 6) is -1.14. The number of nitrogens with zero attached hydrogens (tertiary/aromatic N) is 4. The first kappa shape index (κ1) is 66.9. The fourth-order valence-electron chi connectivity index (χ4n) is 2.55. The van der Waals surface area contributed by atoms with Crippen LogP contribution in [0.1, 0.15) is 83.1 Å². The number of aromatic nitrogens is 4. The van der Waals surface area contributed by atoms with Crippen molar-refractivity contribution in [3.63, 3.8) is 0 Å². The van der Waals surface area contributed by atoms with E-state index in [9.17, 15) is 59.4 Å². The molecule has 0 spiro atoms. The largest absolute Gasteiger partial charge is 3.00 e. The smallest absolute Gasteiger partial charge is 0.876 e. The Balaban J connectivity index is -0.000000101. The second-order valence-electron chi connectivity index (χ2n) is 10.3. The van der Waals surface area contributed by atoms with Gasteiger partial charge in [0.05, 0.1) is 0 Å². The van der Waals surface area contributed by atoms with Gasteiger partial charge in [-0.05, 0) is 90.1 Å². The summed E-state index contributed by atoms with van der Waals surface area (Å²) in [5.41, 5.74) is 0. The molecule has 0 aliphatic heterocycles. The van der Waals surface area contributed by atoms with E-state index in [-0.39, 0.29) is 150 Å². The summed E-state index contributed by atoms with van der Waals surface area (Å²) in [7, 11) is 0. The van der Waals surface area contributed by atoms with E-state index in [0.29, 0.717) is 11.6 Å². The number of carbonyl (C=O) groups excluding carboxylic acids is 6. The molecule has 304 valence electrons. The number of allylic oxidation sites excluding steroid dienone is 12. The SMILES string of the molecule is CC(=O)/C=C(/C)[O-].CC(=O)/C=C(/C)[O-].CC(=O)/C=C(/C)[O-].CC(=O)/C=C(/C)[O-].CC(=O)/C=C(/C)[O-].CC(=O)/C=C(/C)[O-].[Sm+3].[Sm+3].c1cnc(-c2ncccn2)nc1. The molecule has 0 fully saturated rings. The van der Waals surface area contributed by atoms with E-state index in [2.05, 4.69) is 19.9 Å². The molecular formula is C38H48N4O12Sm2. The second-order valence-corrected chi connectivity index (χ2v) is 10.3. The first-order valence-corrected chi connectivity index (χ1v) is 15.4. The summed E-state index contributed by atoms with van der Waals surface area (Å²) in [6.07, 6.45) is 13.0. The van der Waals surface area contributed by atoms with Crippen molar-refractivity contribution >= 4 is 34.7 Å². The molecule has 18 heteroatoms. The first-order valence-electron chi connectivity index (χ1n) is 15.4. The van der Waals surface area contributed by atoms with Gasteiger partial charge in [-0.15, -0.1) is 34.6 Å². The van der Waals surface area contributed by atoms with Gasteiger partial charge in [-0.2, -0.15) is 0 Å². The third-order valence-corrected chi connectivity index (χ3v) is 3.77. The monoisotopic (exact) mass is 1060 g/mol. The van der Waals surface area contributed by atoms with E-state index in [1.807, 2.05) is 0 Å². The molecule has 2 radical (unpaired) electrons. The zero-order chi connectivity index (χ0) is 43.4. The second kappa shape index (κ2) is 43.8. The van der Waals surface area contributed by atoms with Crippen molar-refractivity contribution in [1.29, 1.82) is 0 Å². The summed E-state index contributed by atoms with van der Waals surface area (Å²) in [6, 6.07) is 3.51. The zero-order valence-electron chi connectivity index (χ0n) is 33.4. The fourth-order valence-corrected chi connectivity index (χ4v) is 2.55. The van der Waals surface area contributed by atoms with E-state index >= 15 is 0 Å². The van der Waals surface area contributed by atoms with Gasteiger partial charge >= 0.3 is 80.8 Å². The van der Waals surface area contributed by atoms with Crippen molar-refractivity contribution in [2.45, 2.75) is 83.1 Å². The molecular weight excluding hydrogens is 1010 g/mol. The van der Waals surface area contributed by atoms with Gasteiger partial charge in [0.2, 0.25) is 0 Å². The molecule has 0 saturated heterocycles. The number of hydrogen-bond donors (Lipinski definition) is 0. The molecule has 0 amide bonds. The number of rotatable bonds is 7. The Morgan fingerprint density at radius 2 is 0.464 bits per heavy atom. The quantitative estimate of drug-likeness (QED) is 0.260. The zero-order valence-corrected chi connectivity index (χ0v) is 38.7. The third kappa shape index (κ3) is 75.1. The molecule has 0 aliphatic carbocycles. The van der Waals surface area contributed by atoms with Crippen molar-refractivity contribution in [2.24, 2.45) is 0 Å². The normalized spacial score (nSPS) is 10.6. The van der Waals surface area contributed by atoms with E-state index in [0.717, 1.165) is 36.5 Å². The molecule has 0 saturated carbocycles. The van der Waals surface area contributed by atoms with E-state index in [1.165, 1.54) is 83.1 Å². The van der Waals surface area contributed by atoms with Crippen molar-refractivity contribution in [1.82, 2.24) is 19.9 Å². The van der Waals surface area contributed by atoms with Gasteiger partial charge in [-0.3, -0.25) is 28.8 Å². The maximum atomic E-state index is 9.98. The maximum Gasteiger partial charge on any atom is 3.00 e. The standard InChI is InChI=1S/C8H6N4.6C5H8O2.2Sm/c1-3-9-7(10-4-1)8-11-5-2-6-12-8;6*1-4(6)3-5(2)7;;/h1-6H;6*3,6H,1-2H3;;/q;;;;;;;2*+3/p-6/b;6*4-3-;;. The van der Waals surface area contributed by atoms with Crippen LogP contribution in [0.5, 0.6) is 0 Å². The Kier molecular flexibility index (Phi) is 52.3. The Morgan fingerprint density at radius 3 is 0.536 bits per heavy atom. The van der Waals surface area contributed by atoms with Gasteiger partial charge in [0.25, 0.3) is 0 Å². The van der Waals surface area contributed by atoms with Crippen LogP contribution in [-0.2, 0) is 28.8 Å². The van der Waals surface area contributed by atoms with Crippen molar-refractivity contribution in [2.75, 3.05) is 0 Å². The molecule has 16 nitrogen and oxygen atoms in total. The summed E-state index contributed by atoms with van der Waals surface area (Å²) in [5, 5.41) is 59.9. The molecule has 0 aromatic carbocycles. The average Bonchev–Trinajstić information content (AvgIpc) is 2.96. The van der Waals surface area contributed by atoms with Crippen LogP contribution in [-0.4, -0.2) is 54.6 Å². The van der Waals surface area contributed by atoms with Gasteiger partial charge in [-0.25, -0.2) is 19.9 Å². The van der Waals surface area contributed by atoms with Crippen LogP contribution in [0.3, 0.4) is 0 Å². The Bertz CT molecular complexity index is 1360. The maximum absolute atomic E-state index is 9.98. The summed E-state index contributed by atoms with van der Waals surface area (Å²) < 4.78 is 0. The number of carbonyl (C=O) groups is 6. The van der Waals surface area contributed by atoms with Crippen LogP contribution in [0.25, 0.3) is 11.6 Å². The van der Waals surface area contributed by atoms with Crippen molar-refractivity contribution in [3.05, 3.63) is 108 Å². The number of hydrogen-bond acceptors (Lipinski definition) is 16. The summed E-state index contributed by atoms with van der Waals surface area (Å²) >= 11 is 0. The molecule has 56 heavy (non-hydrogen) atoms. The Morgan fingerprint density at radius 1 is 0.339 bits per heavy atom. The van der Waals surface area contributed by atoms with E-state index in [1.54, 1.807) is 36.9 Å².